The lowest BCUT2D eigenvalue weighted by Gasteiger charge is -2.42. The molecule has 0 fully saturated rings. The number of pyridine rings is 2. The molecule has 0 aliphatic heterocycles. The molecule has 1 aromatic carbocycles. The van der Waals surface area contributed by atoms with Gasteiger partial charge in [-0.1, -0.05) is 65.0 Å². The topological polar surface area (TPSA) is 112 Å². The molecule has 0 bridgehead atoms. The highest BCUT2D eigenvalue weighted by Gasteiger charge is 2.52. The molecule has 0 saturated heterocycles. The van der Waals surface area contributed by atoms with E-state index in [2.05, 4.69) is 15.6 Å². The van der Waals surface area contributed by atoms with E-state index < -0.39 is 61.7 Å². The van der Waals surface area contributed by atoms with Gasteiger partial charge in [0.05, 0.1) is 11.7 Å². The fourth-order valence-corrected chi connectivity index (χ4v) is 6.06. The summed E-state index contributed by atoms with van der Waals surface area (Å²) in [4.78, 5) is 44.2. The maximum absolute atomic E-state index is 14.5. The molecule has 2 N–H and O–H groups in total. The van der Waals surface area contributed by atoms with E-state index in [1.165, 1.54) is 6.07 Å². The van der Waals surface area contributed by atoms with Crippen LogP contribution in [0.3, 0.4) is 0 Å². The van der Waals surface area contributed by atoms with Gasteiger partial charge in [-0.05, 0) is 73.3 Å². The molecule has 0 spiro atoms. The maximum atomic E-state index is 14.5. The number of carbonyl (C=O) groups is 2. The van der Waals surface area contributed by atoms with E-state index in [9.17, 15) is 27.6 Å². The lowest BCUT2D eigenvalue weighted by molar-refractivity contribution is -0.210. The van der Waals surface area contributed by atoms with Crippen LogP contribution in [-0.2, 0) is 27.1 Å². The number of anilines is 1. The number of benzene rings is 1. The van der Waals surface area contributed by atoms with Crippen LogP contribution in [0.1, 0.15) is 51.6 Å². The molecule has 0 radical (unpaired) electrons. The normalized spacial score (nSPS) is 13.6. The molecule has 3 rings (SSSR count). The lowest BCUT2D eigenvalue weighted by Crippen LogP contribution is -2.59. The number of amides is 2. The van der Waals surface area contributed by atoms with Crippen molar-refractivity contribution < 1.29 is 31.9 Å². The molecule has 13 heteroatoms. The zero-order valence-corrected chi connectivity index (χ0v) is 29.4. The number of hydrogen-bond donors (Lipinski definition) is 2. The van der Waals surface area contributed by atoms with Gasteiger partial charge in [0.25, 0.3) is 5.56 Å². The summed E-state index contributed by atoms with van der Waals surface area (Å²) in [5.41, 5.74) is 2.25. The third kappa shape index (κ3) is 10.0. The number of nitrogens with zero attached hydrogens (tertiary/aromatic N) is 2. The smallest absolute Gasteiger partial charge is 0.415 e. The summed E-state index contributed by atoms with van der Waals surface area (Å²) in [5, 5.41) is 4.44. The third-order valence-corrected chi connectivity index (χ3v) is 12.7. The summed E-state index contributed by atoms with van der Waals surface area (Å²) in [6.45, 7) is 15.1. The van der Waals surface area contributed by atoms with Gasteiger partial charge in [0.1, 0.15) is 18.8 Å². The van der Waals surface area contributed by atoms with Crippen LogP contribution in [0, 0.1) is 19.8 Å². The van der Waals surface area contributed by atoms with Crippen molar-refractivity contribution >= 4 is 26.0 Å². The molecule has 47 heavy (non-hydrogen) atoms. The SMILES string of the molecule is Cc1cc(COC(=O)Nc2ccc(-c3ccccc3)n(CC(=O)NC(C(C)C)C(O[Si](C)(C)C(C)(C)C)C(F)(F)F)c2=O)cc(C)n1. The van der Waals surface area contributed by atoms with Gasteiger partial charge in [-0.3, -0.25) is 24.5 Å². The largest absolute Gasteiger partial charge is 0.444 e. The maximum Gasteiger partial charge on any atom is 0.415 e. The number of alkyl halides is 3. The number of halogens is 3. The standard InChI is InChI=1S/C34H45F3N4O5Si/c1-21(2)29(30(34(35,36)37)46-47(8,9)33(5,6)7)40-28(42)19-41-27(25-13-11-10-12-14-25)16-15-26(31(41)43)39-32(44)45-20-24-17-22(3)38-23(4)18-24/h10-18,21,29-30H,19-20H2,1-9H3,(H,39,44)(H,40,42). The Kier molecular flexibility index (Phi) is 11.8. The number of aryl methyl sites for hydroxylation is 2. The van der Waals surface area contributed by atoms with Crippen molar-refractivity contribution in [1.29, 1.82) is 0 Å². The van der Waals surface area contributed by atoms with Gasteiger partial charge >= 0.3 is 12.3 Å². The van der Waals surface area contributed by atoms with Gasteiger partial charge in [0.15, 0.2) is 14.4 Å². The summed E-state index contributed by atoms with van der Waals surface area (Å²) in [6.07, 6.45) is -7.91. The van der Waals surface area contributed by atoms with Crippen molar-refractivity contribution in [2.45, 2.75) is 98.1 Å². The molecule has 3 aromatic rings. The molecule has 0 saturated carbocycles. The molecule has 2 heterocycles. The van der Waals surface area contributed by atoms with Crippen LogP contribution in [0.5, 0.6) is 0 Å². The van der Waals surface area contributed by atoms with E-state index in [1.54, 1.807) is 75.5 Å². The first-order valence-corrected chi connectivity index (χ1v) is 18.3. The van der Waals surface area contributed by atoms with Crippen LogP contribution < -0.4 is 16.2 Å². The van der Waals surface area contributed by atoms with E-state index >= 15 is 0 Å². The number of rotatable bonds is 11. The molecule has 2 atom stereocenters. The van der Waals surface area contributed by atoms with E-state index in [0.29, 0.717) is 16.8 Å². The second kappa shape index (κ2) is 14.8. The van der Waals surface area contributed by atoms with Gasteiger partial charge < -0.3 is 14.5 Å². The van der Waals surface area contributed by atoms with Crippen LogP contribution in [0.4, 0.5) is 23.7 Å². The summed E-state index contributed by atoms with van der Waals surface area (Å²) in [7, 11) is -2.91. The molecule has 0 aliphatic rings. The Morgan fingerprint density at radius 1 is 0.979 bits per heavy atom. The average molecular weight is 675 g/mol. The number of nitrogens with one attached hydrogen (secondary N) is 2. The zero-order valence-electron chi connectivity index (χ0n) is 28.4. The van der Waals surface area contributed by atoms with Crippen molar-refractivity contribution in [2.24, 2.45) is 5.92 Å². The lowest BCUT2D eigenvalue weighted by atomic mass is 9.98. The molecular weight excluding hydrogens is 629 g/mol. The average Bonchev–Trinajstić information content (AvgIpc) is 2.94. The molecule has 2 unspecified atom stereocenters. The van der Waals surface area contributed by atoms with Crippen LogP contribution in [-0.4, -0.2) is 48.2 Å². The monoisotopic (exact) mass is 674 g/mol. The van der Waals surface area contributed by atoms with E-state index in [4.69, 9.17) is 9.16 Å². The van der Waals surface area contributed by atoms with E-state index in [0.717, 1.165) is 16.0 Å². The Morgan fingerprint density at radius 2 is 1.57 bits per heavy atom. The van der Waals surface area contributed by atoms with Crippen molar-refractivity contribution in [3.05, 3.63) is 81.9 Å². The second-order valence-electron chi connectivity index (χ2n) is 13.5. The Balaban J connectivity index is 1.92. The molecule has 2 amide bonds. The predicted octanol–water partition coefficient (Wildman–Crippen LogP) is 7.37. The molecule has 9 nitrogen and oxygen atoms in total. The van der Waals surface area contributed by atoms with E-state index in [-0.39, 0.29) is 12.3 Å². The van der Waals surface area contributed by atoms with Crippen LogP contribution >= 0.6 is 0 Å². The predicted molar refractivity (Wildman–Crippen MR) is 179 cm³/mol. The Hall–Kier alpha value is -3.97. The van der Waals surface area contributed by atoms with Crippen LogP contribution in [0.25, 0.3) is 11.3 Å². The number of carbonyl (C=O) groups excluding carboxylic acids is 2. The third-order valence-electron chi connectivity index (χ3n) is 8.22. The quantitative estimate of drug-likeness (QED) is 0.206. The number of hydrogen-bond acceptors (Lipinski definition) is 6. The molecule has 0 aliphatic carbocycles. The minimum Gasteiger partial charge on any atom is -0.444 e. The van der Waals surface area contributed by atoms with E-state index in [1.807, 2.05) is 34.6 Å². The Morgan fingerprint density at radius 3 is 2.11 bits per heavy atom. The highest BCUT2D eigenvalue weighted by Crippen LogP contribution is 2.41. The van der Waals surface area contributed by atoms with Crippen molar-refractivity contribution in [3.8, 4) is 11.3 Å². The number of aromatic nitrogens is 2. The highest BCUT2D eigenvalue weighted by atomic mass is 28.4. The minimum atomic E-state index is -4.76. The first kappa shape index (κ1) is 37.5. The Labute approximate surface area is 275 Å². The van der Waals surface area contributed by atoms with Gasteiger partial charge in [0.2, 0.25) is 5.91 Å². The van der Waals surface area contributed by atoms with Crippen LogP contribution in [0.15, 0.2) is 59.4 Å². The second-order valence-corrected chi connectivity index (χ2v) is 18.3. The highest BCUT2D eigenvalue weighted by molar-refractivity contribution is 6.74. The molecular formula is C34H45F3N4O5Si. The zero-order chi connectivity index (χ0) is 35.3. The molecule has 256 valence electrons. The van der Waals surface area contributed by atoms with Crippen molar-refractivity contribution in [1.82, 2.24) is 14.9 Å². The van der Waals surface area contributed by atoms with Crippen molar-refractivity contribution in [2.75, 3.05) is 5.32 Å². The van der Waals surface area contributed by atoms with Gasteiger partial charge in [-0.15, -0.1) is 0 Å². The summed E-state index contributed by atoms with van der Waals surface area (Å²) >= 11 is 0. The first-order chi connectivity index (χ1) is 21.7. The Bertz CT molecular complexity index is 1600. The summed E-state index contributed by atoms with van der Waals surface area (Å²) < 4.78 is 55.8. The minimum absolute atomic E-state index is 0.0668. The molecule has 2 aromatic heterocycles. The van der Waals surface area contributed by atoms with Gasteiger partial charge in [-0.2, -0.15) is 13.2 Å². The fraction of sp³-hybridized carbons (Fsp3) is 0.471. The van der Waals surface area contributed by atoms with Crippen LogP contribution in [0.2, 0.25) is 18.1 Å². The first-order valence-electron chi connectivity index (χ1n) is 15.4. The summed E-state index contributed by atoms with van der Waals surface area (Å²) in [6, 6.07) is 13.8. The van der Waals surface area contributed by atoms with Crippen molar-refractivity contribution in [3.63, 3.8) is 0 Å². The van der Waals surface area contributed by atoms with Gasteiger partial charge in [-0.25, -0.2) is 4.79 Å². The number of ether oxygens (including phenoxy) is 1. The van der Waals surface area contributed by atoms with Gasteiger partial charge in [0, 0.05) is 11.4 Å². The summed E-state index contributed by atoms with van der Waals surface area (Å²) in [5.74, 6) is -1.48. The fourth-order valence-electron chi connectivity index (χ4n) is 4.80.